The lowest BCUT2D eigenvalue weighted by molar-refractivity contribution is -0.198. The lowest BCUT2D eigenvalue weighted by Gasteiger charge is -2.21. The zero-order valence-corrected chi connectivity index (χ0v) is 20.2. The maximum atomic E-state index is 11.9. The maximum Gasteiger partial charge on any atom is 0.267 e. The summed E-state index contributed by atoms with van der Waals surface area (Å²) >= 11 is 3.48. The molecule has 2 atom stereocenters. The molecule has 2 aliphatic heterocycles. The van der Waals surface area contributed by atoms with Crippen LogP contribution in [0.1, 0.15) is 36.9 Å². The molecule has 0 aliphatic carbocycles. The van der Waals surface area contributed by atoms with Crippen molar-refractivity contribution >= 4 is 33.7 Å². The van der Waals surface area contributed by atoms with E-state index in [2.05, 4.69) is 65.9 Å². The van der Waals surface area contributed by atoms with Crippen molar-refractivity contribution in [3.63, 3.8) is 0 Å². The highest BCUT2D eigenvalue weighted by atomic mass is 79.9. The number of hydrogen-bond donors (Lipinski definition) is 2. The second kappa shape index (κ2) is 12.2. The van der Waals surface area contributed by atoms with Crippen LogP contribution in [-0.4, -0.2) is 59.3 Å². The van der Waals surface area contributed by atoms with Crippen LogP contribution in [0.15, 0.2) is 47.2 Å². The molecular formula is C24H30BrN5O3. The highest BCUT2D eigenvalue weighted by Crippen LogP contribution is 2.16. The van der Waals surface area contributed by atoms with Crippen LogP contribution in [0.4, 0.5) is 5.82 Å². The molecular weight excluding hydrogens is 486 g/mol. The van der Waals surface area contributed by atoms with Gasteiger partial charge in [-0.25, -0.2) is 15.3 Å². The Morgan fingerprint density at radius 1 is 1.21 bits per heavy atom. The minimum Gasteiger partial charge on any atom is -0.365 e. The summed E-state index contributed by atoms with van der Waals surface area (Å²) in [5.41, 5.74) is 4.35. The Labute approximate surface area is 202 Å². The summed E-state index contributed by atoms with van der Waals surface area (Å²) in [5.74, 6) is 0.386. The predicted molar refractivity (Wildman–Crippen MR) is 130 cm³/mol. The molecule has 3 heterocycles. The predicted octanol–water partition coefficient (Wildman–Crippen LogP) is 3.56. The standard InChI is InChI=1S/C24H30BrN5O3/c25-19-6-4-18(5-7-19)10-12-30-13-11-21(17-30)28-22-16-26-20(15-27-22)8-9-23(31)29-33-24-3-1-2-14-32-24/h4-9,15-16,21,24H,1-3,10-14,17H2,(H,27,28)(H,29,31)/t21-,24?/m1/s1. The van der Waals surface area contributed by atoms with Gasteiger partial charge in [-0.3, -0.25) is 9.78 Å². The zero-order chi connectivity index (χ0) is 22.9. The van der Waals surface area contributed by atoms with Gasteiger partial charge in [-0.2, -0.15) is 0 Å². The van der Waals surface area contributed by atoms with E-state index in [1.54, 1.807) is 18.5 Å². The number of benzene rings is 1. The van der Waals surface area contributed by atoms with Gasteiger partial charge < -0.3 is 15.0 Å². The number of nitrogens with zero attached hydrogens (tertiary/aromatic N) is 3. The molecule has 4 rings (SSSR count). The Morgan fingerprint density at radius 3 is 2.85 bits per heavy atom. The van der Waals surface area contributed by atoms with Crippen LogP contribution in [0.25, 0.3) is 6.08 Å². The molecule has 33 heavy (non-hydrogen) atoms. The Kier molecular flexibility index (Phi) is 8.82. The van der Waals surface area contributed by atoms with Crippen LogP contribution in [0.5, 0.6) is 0 Å². The zero-order valence-electron chi connectivity index (χ0n) is 18.6. The van der Waals surface area contributed by atoms with Crippen molar-refractivity contribution in [2.75, 3.05) is 31.6 Å². The van der Waals surface area contributed by atoms with Crippen molar-refractivity contribution in [1.82, 2.24) is 20.3 Å². The summed E-state index contributed by atoms with van der Waals surface area (Å²) in [6.07, 6.45) is 11.0. The molecule has 0 bridgehead atoms. The third kappa shape index (κ3) is 7.89. The van der Waals surface area contributed by atoms with Gasteiger partial charge in [0.05, 0.1) is 18.1 Å². The van der Waals surface area contributed by atoms with E-state index >= 15 is 0 Å². The number of carbonyl (C=O) groups is 1. The number of nitrogens with one attached hydrogen (secondary N) is 2. The average molecular weight is 516 g/mol. The quantitative estimate of drug-likeness (QED) is 0.389. The molecule has 2 N–H and O–H groups in total. The third-order valence-corrected chi connectivity index (χ3v) is 6.29. The van der Waals surface area contributed by atoms with E-state index in [1.807, 2.05) is 0 Å². The maximum absolute atomic E-state index is 11.9. The number of hydroxylamine groups is 1. The SMILES string of the molecule is O=C(C=Cc1cnc(N[C@@H]2CCN(CCc3ccc(Br)cc3)C2)cn1)NOC1CCCCO1. The molecule has 0 spiro atoms. The minimum absolute atomic E-state index is 0.357. The van der Waals surface area contributed by atoms with Crippen molar-refractivity contribution in [3.8, 4) is 0 Å². The van der Waals surface area contributed by atoms with Gasteiger partial charge in [0, 0.05) is 49.3 Å². The van der Waals surface area contributed by atoms with Gasteiger partial charge in [0.25, 0.3) is 5.91 Å². The molecule has 1 aromatic carbocycles. The fourth-order valence-corrected chi connectivity index (χ4v) is 4.19. The van der Waals surface area contributed by atoms with Crippen LogP contribution < -0.4 is 10.8 Å². The van der Waals surface area contributed by atoms with Crippen molar-refractivity contribution in [2.45, 2.75) is 44.4 Å². The van der Waals surface area contributed by atoms with Crippen LogP contribution in [0.3, 0.4) is 0 Å². The molecule has 1 unspecified atom stereocenters. The molecule has 2 aliphatic rings. The first-order valence-electron chi connectivity index (χ1n) is 11.4. The van der Waals surface area contributed by atoms with Gasteiger partial charge in [0.15, 0.2) is 6.29 Å². The van der Waals surface area contributed by atoms with E-state index in [9.17, 15) is 4.79 Å². The summed E-state index contributed by atoms with van der Waals surface area (Å²) in [7, 11) is 0. The smallest absolute Gasteiger partial charge is 0.267 e. The number of carbonyl (C=O) groups excluding carboxylic acids is 1. The van der Waals surface area contributed by atoms with Crippen molar-refractivity contribution in [1.29, 1.82) is 0 Å². The Hall–Kier alpha value is -2.33. The summed E-state index contributed by atoms with van der Waals surface area (Å²) < 4.78 is 6.52. The second-order valence-corrected chi connectivity index (χ2v) is 9.26. The molecule has 0 radical (unpaired) electrons. The third-order valence-electron chi connectivity index (χ3n) is 5.76. The van der Waals surface area contributed by atoms with E-state index in [4.69, 9.17) is 9.57 Å². The van der Waals surface area contributed by atoms with Gasteiger partial charge in [-0.1, -0.05) is 28.1 Å². The van der Waals surface area contributed by atoms with E-state index in [0.717, 1.165) is 62.0 Å². The average Bonchev–Trinajstić information content (AvgIpc) is 3.30. The Bertz CT molecular complexity index is 917. The minimum atomic E-state index is -0.367. The summed E-state index contributed by atoms with van der Waals surface area (Å²) in [6, 6.07) is 8.88. The Morgan fingerprint density at radius 2 is 2.09 bits per heavy atom. The molecule has 0 saturated carbocycles. The van der Waals surface area contributed by atoms with Crippen LogP contribution >= 0.6 is 15.9 Å². The molecule has 2 aromatic rings. The number of ether oxygens (including phenoxy) is 1. The van der Waals surface area contributed by atoms with E-state index in [-0.39, 0.29) is 12.2 Å². The van der Waals surface area contributed by atoms with Crippen molar-refractivity contribution < 1.29 is 14.4 Å². The number of hydrogen-bond acceptors (Lipinski definition) is 7. The first kappa shape index (κ1) is 23.8. The highest BCUT2D eigenvalue weighted by Gasteiger charge is 2.22. The van der Waals surface area contributed by atoms with Crippen LogP contribution in [0.2, 0.25) is 0 Å². The van der Waals surface area contributed by atoms with E-state index < -0.39 is 0 Å². The summed E-state index contributed by atoms with van der Waals surface area (Å²) in [6.45, 7) is 3.78. The van der Waals surface area contributed by atoms with Gasteiger partial charge >= 0.3 is 0 Å². The number of anilines is 1. The molecule has 2 saturated heterocycles. The molecule has 8 nitrogen and oxygen atoms in total. The topological polar surface area (TPSA) is 88.6 Å². The lowest BCUT2D eigenvalue weighted by atomic mass is 10.1. The summed E-state index contributed by atoms with van der Waals surface area (Å²) in [5, 5.41) is 3.47. The van der Waals surface area contributed by atoms with Gasteiger partial charge in [-0.15, -0.1) is 0 Å². The molecule has 9 heteroatoms. The number of likely N-dealkylation sites (tertiary alicyclic amines) is 1. The van der Waals surface area contributed by atoms with Crippen LogP contribution in [0, 0.1) is 0 Å². The first-order valence-corrected chi connectivity index (χ1v) is 12.2. The van der Waals surface area contributed by atoms with E-state index in [1.165, 1.54) is 11.6 Å². The van der Waals surface area contributed by atoms with E-state index in [0.29, 0.717) is 18.3 Å². The summed E-state index contributed by atoms with van der Waals surface area (Å²) in [4.78, 5) is 28.4. The molecule has 176 valence electrons. The largest absolute Gasteiger partial charge is 0.365 e. The Balaban J connectivity index is 1.16. The molecule has 1 aromatic heterocycles. The highest BCUT2D eigenvalue weighted by molar-refractivity contribution is 9.10. The fourth-order valence-electron chi connectivity index (χ4n) is 3.92. The lowest BCUT2D eigenvalue weighted by Crippen LogP contribution is -2.32. The molecule has 2 fully saturated rings. The van der Waals surface area contributed by atoms with Crippen molar-refractivity contribution in [2.24, 2.45) is 0 Å². The van der Waals surface area contributed by atoms with Crippen LogP contribution in [-0.2, 0) is 20.8 Å². The van der Waals surface area contributed by atoms with Gasteiger partial charge in [-0.05, 0) is 49.5 Å². The normalized spacial score (nSPS) is 21.4. The molecule has 1 amide bonds. The van der Waals surface area contributed by atoms with Gasteiger partial charge in [0.2, 0.25) is 0 Å². The number of aromatic nitrogens is 2. The number of rotatable bonds is 9. The first-order chi connectivity index (χ1) is 16.1. The number of amides is 1. The van der Waals surface area contributed by atoms with Crippen molar-refractivity contribution in [3.05, 3.63) is 58.5 Å². The monoisotopic (exact) mass is 515 g/mol. The van der Waals surface area contributed by atoms with Gasteiger partial charge in [0.1, 0.15) is 5.82 Å². The fraction of sp³-hybridized carbons (Fsp3) is 0.458. The number of halogens is 1. The second-order valence-electron chi connectivity index (χ2n) is 8.35.